The first-order valence-corrected chi connectivity index (χ1v) is 11.8. The molecule has 1 aliphatic heterocycles. The molecule has 0 bridgehead atoms. The van der Waals surface area contributed by atoms with Gasteiger partial charge in [0.25, 0.3) is 5.56 Å². The summed E-state index contributed by atoms with van der Waals surface area (Å²) in [4.78, 5) is 56.7. The summed E-state index contributed by atoms with van der Waals surface area (Å²) in [6, 6.07) is 14.9. The molecule has 3 aromatic rings. The van der Waals surface area contributed by atoms with E-state index in [0.29, 0.717) is 6.42 Å². The van der Waals surface area contributed by atoms with Crippen LogP contribution in [0.5, 0.6) is 0 Å². The Morgan fingerprint density at radius 2 is 1.81 bits per heavy atom. The molecule has 1 aliphatic rings. The lowest BCUT2D eigenvalue weighted by atomic mass is 10.1. The number of halogens is 1. The summed E-state index contributed by atoms with van der Waals surface area (Å²) in [6.45, 7) is 2.19. The number of nitrogen functional groups attached to an aromatic ring is 1. The SMILES string of the molecule is CCCCn1c(N)c(N(Cc2ccccc2)C(=O)C2CC(=O)N(c3ccccc3F)C2)c(=O)[nH]c1=O. The number of unbranched alkanes of at least 4 members (excludes halogenated alkanes) is 1. The summed E-state index contributed by atoms with van der Waals surface area (Å²) >= 11 is 0. The fraction of sp³-hybridized carbons (Fsp3) is 0.308. The van der Waals surface area contributed by atoms with E-state index in [9.17, 15) is 23.6 Å². The van der Waals surface area contributed by atoms with Crippen LogP contribution in [0.4, 0.5) is 21.6 Å². The van der Waals surface area contributed by atoms with E-state index in [1.54, 1.807) is 30.3 Å². The number of amides is 2. The Balaban J connectivity index is 1.74. The number of hydrogen-bond donors (Lipinski definition) is 2. The van der Waals surface area contributed by atoms with Gasteiger partial charge in [-0.15, -0.1) is 0 Å². The second kappa shape index (κ2) is 10.6. The maximum Gasteiger partial charge on any atom is 0.330 e. The molecule has 1 aromatic heterocycles. The van der Waals surface area contributed by atoms with Crippen LogP contribution in [0.3, 0.4) is 0 Å². The van der Waals surface area contributed by atoms with Crippen LogP contribution in [0.1, 0.15) is 31.7 Å². The number of nitrogens with two attached hydrogens (primary N) is 1. The third-order valence-electron chi connectivity index (χ3n) is 6.29. The largest absolute Gasteiger partial charge is 0.383 e. The third-order valence-corrected chi connectivity index (χ3v) is 6.29. The van der Waals surface area contributed by atoms with Gasteiger partial charge in [-0.1, -0.05) is 55.8 Å². The van der Waals surface area contributed by atoms with Crippen LogP contribution in [-0.4, -0.2) is 27.9 Å². The van der Waals surface area contributed by atoms with Crippen LogP contribution in [0.25, 0.3) is 0 Å². The highest BCUT2D eigenvalue weighted by molar-refractivity contribution is 6.05. The van der Waals surface area contributed by atoms with Crippen molar-refractivity contribution in [1.82, 2.24) is 9.55 Å². The molecule has 1 fully saturated rings. The van der Waals surface area contributed by atoms with Crippen molar-refractivity contribution in [2.75, 3.05) is 22.1 Å². The second-order valence-electron chi connectivity index (χ2n) is 8.77. The van der Waals surface area contributed by atoms with Gasteiger partial charge in [0.05, 0.1) is 18.2 Å². The minimum Gasteiger partial charge on any atom is -0.383 e. The zero-order chi connectivity index (χ0) is 25.8. The van der Waals surface area contributed by atoms with Gasteiger partial charge in [0.2, 0.25) is 11.8 Å². The highest BCUT2D eigenvalue weighted by Gasteiger charge is 2.39. The Morgan fingerprint density at radius 1 is 1.11 bits per heavy atom. The molecule has 36 heavy (non-hydrogen) atoms. The highest BCUT2D eigenvalue weighted by Crippen LogP contribution is 2.30. The molecule has 2 aromatic carbocycles. The maximum atomic E-state index is 14.4. The van der Waals surface area contributed by atoms with Gasteiger partial charge in [0, 0.05) is 19.5 Å². The van der Waals surface area contributed by atoms with Crippen molar-refractivity contribution in [3.8, 4) is 0 Å². The van der Waals surface area contributed by atoms with E-state index in [4.69, 9.17) is 5.73 Å². The van der Waals surface area contributed by atoms with Gasteiger partial charge in [-0.05, 0) is 24.1 Å². The van der Waals surface area contributed by atoms with Crippen LogP contribution in [0.2, 0.25) is 0 Å². The number of nitrogens with zero attached hydrogens (tertiary/aromatic N) is 3. The van der Waals surface area contributed by atoms with Crippen molar-refractivity contribution in [3.05, 3.63) is 86.8 Å². The van der Waals surface area contributed by atoms with Gasteiger partial charge in [0.1, 0.15) is 11.6 Å². The fourth-order valence-corrected chi connectivity index (χ4v) is 4.41. The molecule has 0 spiro atoms. The van der Waals surface area contributed by atoms with Gasteiger partial charge in [-0.3, -0.25) is 28.8 Å². The number of para-hydroxylation sites is 1. The van der Waals surface area contributed by atoms with Crippen molar-refractivity contribution in [2.45, 2.75) is 39.3 Å². The minimum atomic E-state index is -0.837. The monoisotopic (exact) mass is 493 g/mol. The van der Waals surface area contributed by atoms with Crippen molar-refractivity contribution in [1.29, 1.82) is 0 Å². The van der Waals surface area contributed by atoms with E-state index in [1.807, 2.05) is 13.0 Å². The number of rotatable bonds is 8. The van der Waals surface area contributed by atoms with Crippen LogP contribution in [0.15, 0.2) is 64.2 Å². The summed E-state index contributed by atoms with van der Waals surface area (Å²) < 4.78 is 15.6. The van der Waals surface area contributed by atoms with E-state index < -0.39 is 34.8 Å². The molecule has 2 amide bonds. The first-order chi connectivity index (χ1) is 17.3. The molecule has 2 heterocycles. The first kappa shape index (κ1) is 24.9. The van der Waals surface area contributed by atoms with Gasteiger partial charge in [0.15, 0.2) is 5.69 Å². The van der Waals surface area contributed by atoms with Crippen molar-refractivity contribution < 1.29 is 14.0 Å². The lowest BCUT2D eigenvalue weighted by Gasteiger charge is -2.27. The fourth-order valence-electron chi connectivity index (χ4n) is 4.41. The molecular formula is C26H28FN5O4. The van der Waals surface area contributed by atoms with Crippen LogP contribution < -0.4 is 26.8 Å². The molecule has 0 saturated carbocycles. The van der Waals surface area contributed by atoms with Crippen molar-refractivity contribution in [2.24, 2.45) is 5.92 Å². The number of aromatic nitrogens is 2. The number of benzene rings is 2. The molecule has 10 heteroatoms. The van der Waals surface area contributed by atoms with E-state index >= 15 is 0 Å². The average Bonchev–Trinajstić information content (AvgIpc) is 3.25. The second-order valence-corrected chi connectivity index (χ2v) is 8.77. The summed E-state index contributed by atoms with van der Waals surface area (Å²) in [6.07, 6.45) is 1.30. The summed E-state index contributed by atoms with van der Waals surface area (Å²) in [5.41, 5.74) is 5.55. The van der Waals surface area contributed by atoms with Crippen molar-refractivity contribution in [3.63, 3.8) is 0 Å². The predicted molar refractivity (Wildman–Crippen MR) is 135 cm³/mol. The predicted octanol–water partition coefficient (Wildman–Crippen LogP) is 2.64. The number of nitrogens with one attached hydrogen (secondary N) is 1. The Bertz CT molecular complexity index is 1390. The summed E-state index contributed by atoms with van der Waals surface area (Å²) in [5, 5.41) is 0. The number of carbonyl (C=O) groups is 2. The summed E-state index contributed by atoms with van der Waals surface area (Å²) in [5.74, 6) is -2.42. The summed E-state index contributed by atoms with van der Waals surface area (Å²) in [7, 11) is 0. The van der Waals surface area contributed by atoms with E-state index in [1.165, 1.54) is 32.6 Å². The van der Waals surface area contributed by atoms with E-state index in [0.717, 1.165) is 12.0 Å². The quantitative estimate of drug-likeness (QED) is 0.500. The molecule has 1 unspecified atom stereocenters. The van der Waals surface area contributed by atoms with Crippen molar-refractivity contribution >= 4 is 29.0 Å². The smallest absolute Gasteiger partial charge is 0.330 e. The zero-order valence-corrected chi connectivity index (χ0v) is 19.9. The third kappa shape index (κ3) is 4.93. The number of hydrogen-bond acceptors (Lipinski definition) is 5. The van der Waals surface area contributed by atoms with Gasteiger partial charge >= 0.3 is 5.69 Å². The molecule has 188 valence electrons. The van der Waals surface area contributed by atoms with Crippen LogP contribution in [-0.2, 0) is 22.7 Å². The molecule has 1 saturated heterocycles. The number of anilines is 3. The number of H-pyrrole nitrogens is 1. The molecular weight excluding hydrogens is 465 g/mol. The van der Waals surface area contributed by atoms with E-state index in [2.05, 4.69) is 4.98 Å². The molecule has 0 radical (unpaired) electrons. The topological polar surface area (TPSA) is 121 Å². The maximum absolute atomic E-state index is 14.4. The Hall–Kier alpha value is -4.21. The number of carbonyl (C=O) groups excluding carboxylic acids is 2. The lowest BCUT2D eigenvalue weighted by molar-refractivity contribution is -0.124. The number of aromatic amines is 1. The Morgan fingerprint density at radius 3 is 2.50 bits per heavy atom. The average molecular weight is 494 g/mol. The van der Waals surface area contributed by atoms with Crippen LogP contribution in [0, 0.1) is 11.7 Å². The van der Waals surface area contributed by atoms with Crippen LogP contribution >= 0.6 is 0 Å². The lowest BCUT2D eigenvalue weighted by Crippen LogP contribution is -2.43. The van der Waals surface area contributed by atoms with Gasteiger partial charge in [-0.2, -0.15) is 0 Å². The molecule has 9 nitrogen and oxygen atoms in total. The van der Waals surface area contributed by atoms with Gasteiger partial charge < -0.3 is 10.6 Å². The zero-order valence-electron chi connectivity index (χ0n) is 19.9. The molecule has 3 N–H and O–H groups in total. The molecule has 4 rings (SSSR count). The normalized spacial score (nSPS) is 15.3. The van der Waals surface area contributed by atoms with E-state index in [-0.39, 0.29) is 43.2 Å². The standard InChI is InChI=1S/C26H28FN5O4/c1-2-3-13-30-23(28)22(24(34)29-26(30)36)32(15-17-9-5-4-6-10-17)25(35)18-14-21(33)31(16-18)20-12-8-7-11-19(20)27/h4-12,18H,2-3,13-16,28H2,1H3,(H,29,34,36). The highest BCUT2D eigenvalue weighted by atomic mass is 19.1. The van der Waals surface area contributed by atoms with Gasteiger partial charge in [-0.25, -0.2) is 9.18 Å². The Kier molecular flexibility index (Phi) is 7.33. The Labute approximate surface area is 207 Å². The molecule has 0 aliphatic carbocycles. The minimum absolute atomic E-state index is 0.00330. The molecule has 1 atom stereocenters. The first-order valence-electron chi connectivity index (χ1n) is 11.8.